The maximum atomic E-state index is 12.7. The number of nitrogens with one attached hydrogen (secondary N) is 2. The summed E-state index contributed by atoms with van der Waals surface area (Å²) >= 11 is 0. The Labute approximate surface area is 145 Å². The SMILES string of the molecule is CC(C)Cc1noc([C@@H](C)NC(=O)c2ccccc2-c2ncc[nH]2)n1. The van der Waals surface area contributed by atoms with Crippen molar-refractivity contribution in [2.24, 2.45) is 5.92 Å². The highest BCUT2D eigenvalue weighted by molar-refractivity contribution is 6.00. The third kappa shape index (κ3) is 3.93. The van der Waals surface area contributed by atoms with Crippen molar-refractivity contribution in [3.8, 4) is 11.4 Å². The van der Waals surface area contributed by atoms with Crippen molar-refractivity contribution in [2.45, 2.75) is 33.2 Å². The van der Waals surface area contributed by atoms with Gasteiger partial charge in [0.05, 0.1) is 5.56 Å². The average molecular weight is 339 g/mol. The molecule has 3 rings (SSSR count). The van der Waals surface area contributed by atoms with Gasteiger partial charge in [-0.2, -0.15) is 4.98 Å². The summed E-state index contributed by atoms with van der Waals surface area (Å²) in [6.07, 6.45) is 4.12. The lowest BCUT2D eigenvalue weighted by Crippen LogP contribution is -2.27. The van der Waals surface area contributed by atoms with E-state index in [1.54, 1.807) is 18.5 Å². The van der Waals surface area contributed by atoms with Crippen LogP contribution in [-0.2, 0) is 6.42 Å². The molecule has 1 amide bonds. The summed E-state index contributed by atoms with van der Waals surface area (Å²) in [5, 5.41) is 6.87. The van der Waals surface area contributed by atoms with Crippen molar-refractivity contribution in [1.82, 2.24) is 25.4 Å². The van der Waals surface area contributed by atoms with Gasteiger partial charge in [0.2, 0.25) is 5.89 Å². The van der Waals surface area contributed by atoms with Crippen LogP contribution in [0, 0.1) is 5.92 Å². The summed E-state index contributed by atoms with van der Waals surface area (Å²) < 4.78 is 5.27. The topological polar surface area (TPSA) is 96.7 Å². The van der Waals surface area contributed by atoms with E-state index < -0.39 is 0 Å². The first-order chi connectivity index (χ1) is 12.0. The number of aromatic amines is 1. The van der Waals surface area contributed by atoms with Crippen LogP contribution in [-0.4, -0.2) is 26.0 Å². The third-order valence-corrected chi connectivity index (χ3v) is 3.72. The lowest BCUT2D eigenvalue weighted by molar-refractivity contribution is 0.0933. The molecule has 0 aliphatic heterocycles. The fourth-order valence-electron chi connectivity index (χ4n) is 2.53. The number of nitrogens with zero attached hydrogens (tertiary/aromatic N) is 3. The van der Waals surface area contributed by atoms with Crippen LogP contribution >= 0.6 is 0 Å². The quantitative estimate of drug-likeness (QED) is 0.719. The van der Waals surface area contributed by atoms with Gasteiger partial charge in [0, 0.05) is 24.4 Å². The molecular weight excluding hydrogens is 318 g/mol. The van der Waals surface area contributed by atoms with E-state index in [9.17, 15) is 4.79 Å². The molecule has 0 saturated carbocycles. The Morgan fingerprint density at radius 3 is 2.80 bits per heavy atom. The number of aromatic nitrogens is 4. The number of amides is 1. The summed E-state index contributed by atoms with van der Waals surface area (Å²) in [5.74, 6) is 1.93. The summed E-state index contributed by atoms with van der Waals surface area (Å²) in [4.78, 5) is 24.3. The first-order valence-electron chi connectivity index (χ1n) is 8.26. The Bertz CT molecular complexity index is 839. The summed E-state index contributed by atoms with van der Waals surface area (Å²) in [6.45, 7) is 6.00. The van der Waals surface area contributed by atoms with Gasteiger partial charge in [-0.25, -0.2) is 4.98 Å². The molecule has 2 aromatic heterocycles. The molecule has 25 heavy (non-hydrogen) atoms. The standard InChI is InChI=1S/C18H21N5O2/c1-11(2)10-15-22-18(25-23-15)12(3)21-17(24)14-7-5-4-6-13(14)16-19-8-9-20-16/h4-9,11-12H,10H2,1-3H3,(H,19,20)(H,21,24)/t12-/m1/s1. The molecule has 2 N–H and O–H groups in total. The van der Waals surface area contributed by atoms with Crippen molar-refractivity contribution in [2.75, 3.05) is 0 Å². The van der Waals surface area contributed by atoms with Crippen molar-refractivity contribution < 1.29 is 9.32 Å². The molecule has 0 fully saturated rings. The number of H-pyrrole nitrogens is 1. The van der Waals surface area contributed by atoms with E-state index in [1.807, 2.05) is 25.1 Å². The van der Waals surface area contributed by atoms with E-state index in [0.29, 0.717) is 29.0 Å². The molecule has 0 unspecified atom stereocenters. The van der Waals surface area contributed by atoms with Gasteiger partial charge in [0.1, 0.15) is 11.9 Å². The van der Waals surface area contributed by atoms with Crippen LogP contribution in [0.15, 0.2) is 41.2 Å². The molecule has 1 atom stereocenters. The molecule has 3 aromatic rings. The minimum Gasteiger partial charge on any atom is -0.345 e. The Balaban J connectivity index is 1.75. The monoisotopic (exact) mass is 339 g/mol. The number of benzene rings is 1. The Kier molecular flexibility index (Phi) is 4.92. The molecule has 7 heteroatoms. The maximum Gasteiger partial charge on any atom is 0.252 e. The fourth-order valence-corrected chi connectivity index (χ4v) is 2.53. The smallest absolute Gasteiger partial charge is 0.252 e. The van der Waals surface area contributed by atoms with Crippen molar-refractivity contribution in [3.05, 3.63) is 53.9 Å². The van der Waals surface area contributed by atoms with Crippen LogP contribution in [0.5, 0.6) is 0 Å². The number of carbonyl (C=O) groups is 1. The molecule has 0 radical (unpaired) electrons. The van der Waals surface area contributed by atoms with Crippen LogP contribution in [0.4, 0.5) is 0 Å². The molecule has 0 saturated heterocycles. The molecule has 1 aromatic carbocycles. The van der Waals surface area contributed by atoms with E-state index in [2.05, 4.69) is 39.3 Å². The van der Waals surface area contributed by atoms with Gasteiger partial charge < -0.3 is 14.8 Å². The first kappa shape index (κ1) is 16.9. The Hall–Kier alpha value is -2.96. The number of hydrogen-bond donors (Lipinski definition) is 2. The van der Waals surface area contributed by atoms with Crippen molar-refractivity contribution in [1.29, 1.82) is 0 Å². The zero-order chi connectivity index (χ0) is 17.8. The minimum atomic E-state index is -0.384. The minimum absolute atomic E-state index is 0.219. The zero-order valence-electron chi connectivity index (χ0n) is 14.5. The van der Waals surface area contributed by atoms with Crippen LogP contribution < -0.4 is 5.32 Å². The lowest BCUT2D eigenvalue weighted by atomic mass is 10.1. The van der Waals surface area contributed by atoms with Crippen LogP contribution in [0.3, 0.4) is 0 Å². The average Bonchev–Trinajstić information content (AvgIpc) is 3.26. The van der Waals surface area contributed by atoms with Crippen LogP contribution in [0.2, 0.25) is 0 Å². The molecule has 0 aliphatic rings. The highest BCUT2D eigenvalue weighted by Crippen LogP contribution is 2.21. The number of rotatable bonds is 6. The van der Waals surface area contributed by atoms with Gasteiger partial charge in [-0.3, -0.25) is 4.79 Å². The Morgan fingerprint density at radius 2 is 2.08 bits per heavy atom. The zero-order valence-corrected chi connectivity index (χ0v) is 14.5. The van der Waals surface area contributed by atoms with Crippen LogP contribution in [0.1, 0.15) is 48.9 Å². The third-order valence-electron chi connectivity index (χ3n) is 3.72. The number of hydrogen-bond acceptors (Lipinski definition) is 5. The predicted molar refractivity (Wildman–Crippen MR) is 92.7 cm³/mol. The number of imidazole rings is 1. The number of carbonyl (C=O) groups excluding carboxylic acids is 1. The van der Waals surface area contributed by atoms with Gasteiger partial charge >= 0.3 is 0 Å². The molecule has 7 nitrogen and oxygen atoms in total. The van der Waals surface area contributed by atoms with E-state index >= 15 is 0 Å². The lowest BCUT2D eigenvalue weighted by Gasteiger charge is -2.12. The van der Waals surface area contributed by atoms with Crippen molar-refractivity contribution in [3.63, 3.8) is 0 Å². The second kappa shape index (κ2) is 7.29. The highest BCUT2D eigenvalue weighted by atomic mass is 16.5. The van der Waals surface area contributed by atoms with Gasteiger partial charge in [-0.15, -0.1) is 0 Å². The summed E-state index contributed by atoms with van der Waals surface area (Å²) in [6, 6.07) is 6.92. The fraction of sp³-hybridized carbons (Fsp3) is 0.333. The van der Waals surface area contributed by atoms with E-state index in [1.165, 1.54) is 0 Å². The van der Waals surface area contributed by atoms with E-state index in [4.69, 9.17) is 4.52 Å². The molecule has 0 aliphatic carbocycles. The largest absolute Gasteiger partial charge is 0.345 e. The second-order valence-corrected chi connectivity index (χ2v) is 6.33. The summed E-state index contributed by atoms with van der Waals surface area (Å²) in [7, 11) is 0. The van der Waals surface area contributed by atoms with E-state index in [0.717, 1.165) is 12.0 Å². The second-order valence-electron chi connectivity index (χ2n) is 6.33. The first-order valence-corrected chi connectivity index (χ1v) is 8.26. The normalized spacial score (nSPS) is 12.3. The van der Waals surface area contributed by atoms with Crippen LogP contribution in [0.25, 0.3) is 11.4 Å². The molecular formula is C18H21N5O2. The van der Waals surface area contributed by atoms with Crippen molar-refractivity contribution >= 4 is 5.91 Å². The van der Waals surface area contributed by atoms with Gasteiger partial charge in [-0.1, -0.05) is 37.2 Å². The van der Waals surface area contributed by atoms with E-state index in [-0.39, 0.29) is 11.9 Å². The molecule has 0 bridgehead atoms. The van der Waals surface area contributed by atoms with Gasteiger partial charge in [-0.05, 0) is 18.9 Å². The molecule has 130 valence electrons. The highest BCUT2D eigenvalue weighted by Gasteiger charge is 2.20. The predicted octanol–water partition coefficient (Wildman–Crippen LogP) is 3.15. The Morgan fingerprint density at radius 1 is 1.28 bits per heavy atom. The van der Waals surface area contributed by atoms with Gasteiger partial charge in [0.25, 0.3) is 5.91 Å². The summed E-state index contributed by atoms with van der Waals surface area (Å²) in [5.41, 5.74) is 1.27. The van der Waals surface area contributed by atoms with Gasteiger partial charge in [0.15, 0.2) is 5.82 Å². The molecule has 0 spiro atoms. The molecule has 2 heterocycles. The maximum absolute atomic E-state index is 12.7.